The number of benzene rings is 2. The number of aromatic nitrogens is 1. The zero-order valence-electron chi connectivity index (χ0n) is 16.2. The predicted octanol–water partition coefficient (Wildman–Crippen LogP) is 4.11. The molecule has 0 spiro atoms. The Hall–Kier alpha value is -3.58. The summed E-state index contributed by atoms with van der Waals surface area (Å²) in [7, 11) is 1.61. The first-order chi connectivity index (χ1) is 14.6. The molecule has 30 heavy (non-hydrogen) atoms. The summed E-state index contributed by atoms with van der Waals surface area (Å²) in [4.78, 5) is 30.5. The van der Waals surface area contributed by atoms with Crippen molar-refractivity contribution in [3.05, 3.63) is 88.6 Å². The molecule has 0 saturated heterocycles. The molecule has 150 valence electrons. The molecule has 3 aromatic rings. The molecule has 0 saturated carbocycles. The highest BCUT2D eigenvalue weighted by molar-refractivity contribution is 8.04. The van der Waals surface area contributed by atoms with E-state index in [0.29, 0.717) is 22.7 Å². The number of anilines is 1. The second-order valence-electron chi connectivity index (χ2n) is 6.59. The van der Waals surface area contributed by atoms with E-state index in [1.54, 1.807) is 31.6 Å². The molecule has 0 radical (unpaired) electrons. The molecule has 2 heterocycles. The molecule has 4 rings (SSSR count). The Balaban J connectivity index is 1.47. The van der Waals surface area contributed by atoms with Crippen LogP contribution in [0.25, 0.3) is 6.08 Å². The van der Waals surface area contributed by atoms with Gasteiger partial charge in [-0.2, -0.15) is 0 Å². The Kier molecular flexibility index (Phi) is 5.81. The van der Waals surface area contributed by atoms with Crippen molar-refractivity contribution in [2.75, 3.05) is 12.4 Å². The summed E-state index contributed by atoms with van der Waals surface area (Å²) in [6.45, 7) is 0.389. The number of methoxy groups -OCH3 is 1. The zero-order valence-corrected chi connectivity index (χ0v) is 17.0. The maximum atomic E-state index is 12.5. The molecule has 1 aliphatic heterocycles. The highest BCUT2D eigenvalue weighted by Gasteiger charge is 2.22. The number of hydrogen-bond acceptors (Lipinski definition) is 5. The third kappa shape index (κ3) is 4.52. The molecule has 0 unspecified atom stereocenters. The molecule has 1 aliphatic rings. The van der Waals surface area contributed by atoms with E-state index in [0.717, 1.165) is 21.8 Å². The number of pyridine rings is 1. The SMILES string of the molecule is COc1ccc(/C=C2/Sc3ccc(C(=O)NCc4cccnc4)cc3NC2=O)cc1. The van der Waals surface area contributed by atoms with Crippen molar-refractivity contribution in [3.8, 4) is 5.75 Å². The van der Waals surface area contributed by atoms with Gasteiger partial charge in [0.1, 0.15) is 5.75 Å². The highest BCUT2D eigenvalue weighted by Crippen LogP contribution is 2.39. The Morgan fingerprint density at radius 3 is 2.77 bits per heavy atom. The van der Waals surface area contributed by atoms with Crippen LogP contribution in [0, 0.1) is 0 Å². The van der Waals surface area contributed by atoms with Crippen molar-refractivity contribution < 1.29 is 14.3 Å². The van der Waals surface area contributed by atoms with Gasteiger partial charge in [0.2, 0.25) is 0 Å². The van der Waals surface area contributed by atoms with Crippen molar-refractivity contribution in [3.63, 3.8) is 0 Å². The summed E-state index contributed by atoms with van der Waals surface area (Å²) < 4.78 is 5.16. The molecule has 0 aliphatic carbocycles. The minimum Gasteiger partial charge on any atom is -0.497 e. The second kappa shape index (κ2) is 8.84. The van der Waals surface area contributed by atoms with Crippen LogP contribution in [-0.4, -0.2) is 23.9 Å². The lowest BCUT2D eigenvalue weighted by atomic mass is 10.1. The molecule has 6 nitrogen and oxygen atoms in total. The maximum Gasteiger partial charge on any atom is 0.262 e. The first-order valence-corrected chi connectivity index (χ1v) is 10.1. The van der Waals surface area contributed by atoms with Crippen molar-refractivity contribution in [2.45, 2.75) is 11.4 Å². The molecule has 2 amide bonds. The number of hydrogen-bond donors (Lipinski definition) is 2. The standard InChI is InChI=1S/C23H19N3O3S/c1-29-18-7-4-15(5-8-18)11-21-23(28)26-19-12-17(6-9-20(19)30-21)22(27)25-14-16-3-2-10-24-13-16/h2-13H,14H2,1H3,(H,25,27)(H,26,28)/b21-11+. The Morgan fingerprint density at radius 1 is 1.20 bits per heavy atom. The van der Waals surface area contributed by atoms with Gasteiger partial charge >= 0.3 is 0 Å². The largest absolute Gasteiger partial charge is 0.497 e. The second-order valence-corrected chi connectivity index (χ2v) is 7.68. The van der Waals surface area contributed by atoms with Crippen LogP contribution < -0.4 is 15.4 Å². The molecule has 0 fully saturated rings. The third-order valence-electron chi connectivity index (χ3n) is 4.52. The minimum absolute atomic E-state index is 0.198. The van der Waals surface area contributed by atoms with Crippen molar-refractivity contribution in [2.24, 2.45) is 0 Å². The maximum absolute atomic E-state index is 12.5. The van der Waals surface area contributed by atoms with Gasteiger partial charge in [0.25, 0.3) is 11.8 Å². The van der Waals surface area contributed by atoms with Crippen LogP contribution in [0.15, 0.2) is 76.8 Å². The first-order valence-electron chi connectivity index (χ1n) is 9.28. The number of rotatable bonds is 5. The molecule has 1 aromatic heterocycles. The fraction of sp³-hybridized carbons (Fsp3) is 0.0870. The van der Waals surface area contributed by atoms with Crippen LogP contribution in [0.3, 0.4) is 0 Å². The fourth-order valence-electron chi connectivity index (χ4n) is 2.94. The average Bonchev–Trinajstić information content (AvgIpc) is 2.79. The van der Waals surface area contributed by atoms with Crippen molar-refractivity contribution >= 4 is 35.3 Å². The molecular formula is C23H19N3O3S. The number of nitrogens with zero attached hydrogens (tertiary/aromatic N) is 1. The van der Waals surface area contributed by atoms with Crippen molar-refractivity contribution in [1.82, 2.24) is 10.3 Å². The van der Waals surface area contributed by atoms with Gasteiger partial charge in [-0.3, -0.25) is 14.6 Å². The predicted molar refractivity (Wildman–Crippen MR) is 117 cm³/mol. The average molecular weight is 417 g/mol. The molecule has 7 heteroatoms. The lowest BCUT2D eigenvalue weighted by molar-refractivity contribution is -0.112. The van der Waals surface area contributed by atoms with Gasteiger partial charge in [0, 0.05) is 29.4 Å². The monoisotopic (exact) mass is 417 g/mol. The van der Waals surface area contributed by atoms with Gasteiger partial charge in [-0.1, -0.05) is 30.0 Å². The number of amides is 2. The number of nitrogens with one attached hydrogen (secondary N) is 2. The van der Waals surface area contributed by atoms with Gasteiger partial charge in [0.15, 0.2) is 0 Å². The van der Waals surface area contributed by atoms with Gasteiger partial charge in [0.05, 0.1) is 17.7 Å². The molecule has 2 N–H and O–H groups in total. The topological polar surface area (TPSA) is 80.3 Å². The van der Waals surface area contributed by atoms with E-state index >= 15 is 0 Å². The Bertz CT molecular complexity index is 1110. The third-order valence-corrected chi connectivity index (χ3v) is 5.62. The number of carbonyl (C=O) groups is 2. The van der Waals surface area contributed by atoms with Crippen LogP contribution in [0.2, 0.25) is 0 Å². The summed E-state index contributed by atoms with van der Waals surface area (Å²) >= 11 is 1.38. The van der Waals surface area contributed by atoms with Crippen LogP contribution in [0.1, 0.15) is 21.5 Å². The molecular weight excluding hydrogens is 398 g/mol. The highest BCUT2D eigenvalue weighted by atomic mass is 32.2. The van der Waals surface area contributed by atoms with Gasteiger partial charge in [-0.25, -0.2) is 0 Å². The van der Waals surface area contributed by atoms with E-state index in [2.05, 4.69) is 15.6 Å². The van der Waals surface area contributed by atoms with Crippen LogP contribution >= 0.6 is 11.8 Å². The van der Waals surface area contributed by atoms with Crippen LogP contribution in [0.5, 0.6) is 5.75 Å². The summed E-state index contributed by atoms with van der Waals surface area (Å²) in [6, 6.07) is 16.5. The minimum atomic E-state index is -0.208. The molecule has 0 atom stereocenters. The van der Waals surface area contributed by atoms with Crippen LogP contribution in [-0.2, 0) is 11.3 Å². The van der Waals surface area contributed by atoms with E-state index in [9.17, 15) is 9.59 Å². The quantitative estimate of drug-likeness (QED) is 0.611. The number of ether oxygens (including phenoxy) is 1. The summed E-state index contributed by atoms with van der Waals surface area (Å²) in [5.74, 6) is 0.356. The molecule has 2 aromatic carbocycles. The fourth-order valence-corrected chi connectivity index (χ4v) is 3.87. The van der Waals surface area contributed by atoms with E-state index in [1.807, 2.05) is 48.5 Å². The number of fused-ring (bicyclic) bond motifs is 1. The zero-order chi connectivity index (χ0) is 20.9. The summed E-state index contributed by atoms with van der Waals surface area (Å²) in [5.41, 5.74) is 2.94. The van der Waals surface area contributed by atoms with E-state index < -0.39 is 0 Å². The number of thioether (sulfide) groups is 1. The lowest BCUT2D eigenvalue weighted by Crippen LogP contribution is -2.24. The van der Waals surface area contributed by atoms with E-state index in [-0.39, 0.29) is 11.8 Å². The lowest BCUT2D eigenvalue weighted by Gasteiger charge is -2.19. The Labute approximate surface area is 178 Å². The van der Waals surface area contributed by atoms with Gasteiger partial charge in [-0.05, 0) is 53.6 Å². The Morgan fingerprint density at radius 2 is 2.03 bits per heavy atom. The van der Waals surface area contributed by atoms with Gasteiger partial charge < -0.3 is 15.4 Å². The molecule has 0 bridgehead atoms. The summed E-state index contributed by atoms with van der Waals surface area (Å²) in [5, 5.41) is 5.74. The number of carbonyl (C=O) groups excluding carboxylic acids is 2. The first kappa shape index (κ1) is 19.7. The summed E-state index contributed by atoms with van der Waals surface area (Å²) in [6.07, 6.45) is 5.23. The van der Waals surface area contributed by atoms with E-state index in [4.69, 9.17) is 4.74 Å². The van der Waals surface area contributed by atoms with Crippen LogP contribution in [0.4, 0.5) is 5.69 Å². The normalized spacial score (nSPS) is 14.0. The van der Waals surface area contributed by atoms with Gasteiger partial charge in [-0.15, -0.1) is 0 Å². The van der Waals surface area contributed by atoms with Crippen molar-refractivity contribution in [1.29, 1.82) is 0 Å². The smallest absolute Gasteiger partial charge is 0.262 e. The van der Waals surface area contributed by atoms with E-state index in [1.165, 1.54) is 11.8 Å².